The summed E-state index contributed by atoms with van der Waals surface area (Å²) < 4.78 is 11.2. The van der Waals surface area contributed by atoms with Gasteiger partial charge >= 0.3 is 0 Å². The van der Waals surface area contributed by atoms with Crippen molar-refractivity contribution >= 4 is 29.6 Å². The number of ether oxygens (including phenoxy) is 2. The van der Waals surface area contributed by atoms with Crippen LogP contribution in [0, 0.1) is 0 Å². The molecule has 1 unspecified atom stereocenters. The zero-order valence-corrected chi connectivity index (χ0v) is 18.7. The molecule has 0 aliphatic carbocycles. The van der Waals surface area contributed by atoms with Crippen LogP contribution in [-0.4, -0.2) is 36.8 Å². The topological polar surface area (TPSA) is 115 Å². The van der Waals surface area contributed by atoms with Crippen LogP contribution in [0.25, 0.3) is 0 Å². The molecule has 2 aromatic rings. The molecule has 2 aromatic carbocycles. The normalized spacial score (nSPS) is 18.2. The number of hydrogen-bond donors (Lipinski definition) is 3. The second-order valence-corrected chi connectivity index (χ2v) is 7.69. The first-order valence-corrected chi connectivity index (χ1v) is 10.6. The van der Waals surface area contributed by atoms with E-state index in [0.717, 1.165) is 11.8 Å². The van der Waals surface area contributed by atoms with Crippen LogP contribution < -0.4 is 21.1 Å². The molecular weight excluding hydrogens is 444 g/mol. The smallest absolute Gasteiger partial charge is 0.255 e. The summed E-state index contributed by atoms with van der Waals surface area (Å²) in [7, 11) is 0. The van der Waals surface area contributed by atoms with Crippen molar-refractivity contribution < 1.29 is 19.1 Å². The zero-order chi connectivity index (χ0) is 23.7. The Morgan fingerprint density at radius 3 is 2.64 bits per heavy atom. The largest absolute Gasteiger partial charge is 0.456 e. The molecule has 2 amide bonds. The van der Waals surface area contributed by atoms with Gasteiger partial charge < -0.3 is 25.8 Å². The van der Waals surface area contributed by atoms with Crippen molar-refractivity contribution in [3.05, 3.63) is 83.7 Å². The zero-order valence-electron chi connectivity index (χ0n) is 17.9. The summed E-state index contributed by atoms with van der Waals surface area (Å²) in [5.41, 5.74) is 5.29. The molecule has 0 spiro atoms. The van der Waals surface area contributed by atoms with Crippen LogP contribution in [0.2, 0.25) is 5.02 Å². The minimum atomic E-state index is -1.19. The Morgan fingerprint density at radius 2 is 2.00 bits per heavy atom. The molecule has 0 radical (unpaired) electrons. The average Bonchev–Trinajstić information content (AvgIpc) is 3.30. The number of nitrogens with two attached hydrogens (primary N) is 1. The monoisotopic (exact) mass is 468 g/mol. The number of halogens is 1. The molecule has 1 aliphatic rings. The van der Waals surface area contributed by atoms with Gasteiger partial charge in [0.15, 0.2) is 0 Å². The van der Waals surface area contributed by atoms with E-state index in [-0.39, 0.29) is 24.6 Å². The second kappa shape index (κ2) is 11.3. The van der Waals surface area contributed by atoms with E-state index >= 15 is 0 Å². The number of rotatable bonds is 9. The van der Waals surface area contributed by atoms with Crippen molar-refractivity contribution in [1.82, 2.24) is 10.6 Å². The molecule has 1 heterocycles. The minimum absolute atomic E-state index is 0.0611. The third-order valence-corrected chi connectivity index (χ3v) is 5.32. The van der Waals surface area contributed by atoms with E-state index in [2.05, 4.69) is 22.2 Å². The van der Waals surface area contributed by atoms with Crippen LogP contribution in [0.1, 0.15) is 12.0 Å². The fourth-order valence-corrected chi connectivity index (χ4v) is 3.35. The van der Waals surface area contributed by atoms with Crippen molar-refractivity contribution in [3.63, 3.8) is 0 Å². The van der Waals surface area contributed by atoms with Gasteiger partial charge in [0.05, 0.1) is 17.2 Å². The fourth-order valence-electron chi connectivity index (χ4n) is 3.18. The summed E-state index contributed by atoms with van der Waals surface area (Å²) in [6, 6.07) is 14.5. The fraction of sp³-hybridized carbons (Fsp3) is 0.208. The first-order valence-electron chi connectivity index (χ1n) is 10.2. The van der Waals surface area contributed by atoms with Crippen LogP contribution in [0.15, 0.2) is 78.1 Å². The molecule has 4 N–H and O–H groups in total. The van der Waals surface area contributed by atoms with Gasteiger partial charge in [-0.3, -0.25) is 14.6 Å². The maximum atomic E-state index is 13.0. The van der Waals surface area contributed by atoms with Gasteiger partial charge in [0.1, 0.15) is 17.0 Å². The van der Waals surface area contributed by atoms with Gasteiger partial charge in [-0.25, -0.2) is 0 Å². The van der Waals surface area contributed by atoms with E-state index < -0.39 is 11.4 Å². The number of nitrogens with zero attached hydrogens (tertiary/aromatic N) is 1. The number of carbonyl (C=O) groups excluding carboxylic acids is 2. The maximum Gasteiger partial charge on any atom is 0.255 e. The molecule has 9 heteroatoms. The number of benzene rings is 2. The summed E-state index contributed by atoms with van der Waals surface area (Å²) >= 11 is 6.12. The van der Waals surface area contributed by atoms with Gasteiger partial charge in [0, 0.05) is 38.2 Å². The molecule has 33 heavy (non-hydrogen) atoms. The lowest BCUT2D eigenvalue weighted by Crippen LogP contribution is -2.59. The Labute approximate surface area is 197 Å². The van der Waals surface area contributed by atoms with Crippen LogP contribution in [0.3, 0.4) is 0 Å². The number of amides is 2. The van der Waals surface area contributed by atoms with Crippen molar-refractivity contribution in [2.24, 2.45) is 10.7 Å². The molecule has 1 fully saturated rings. The van der Waals surface area contributed by atoms with Crippen molar-refractivity contribution in [2.75, 3.05) is 13.2 Å². The van der Waals surface area contributed by atoms with Crippen LogP contribution in [0.4, 0.5) is 0 Å². The van der Waals surface area contributed by atoms with Crippen LogP contribution >= 0.6 is 11.6 Å². The Morgan fingerprint density at radius 1 is 1.24 bits per heavy atom. The van der Waals surface area contributed by atoms with Crippen LogP contribution in [0.5, 0.6) is 11.5 Å². The van der Waals surface area contributed by atoms with E-state index in [1.807, 2.05) is 24.3 Å². The standard InChI is InChI=1S/C24H25ClN4O4/c1-2-27-15-18(13-26)22(30)29-24(11-12-32-16-24)23(31)28-14-17-7-9-19(10-8-17)33-21-6-4-3-5-20(21)25/h2-10,13,15H,1,11-12,14,16,26H2,(H,28,31)(H,29,30)/b18-13+,27-15-. The molecule has 0 bridgehead atoms. The van der Waals surface area contributed by atoms with Crippen molar-refractivity contribution in [1.29, 1.82) is 0 Å². The first-order chi connectivity index (χ1) is 16.0. The third-order valence-electron chi connectivity index (χ3n) is 5.01. The highest BCUT2D eigenvalue weighted by Gasteiger charge is 2.43. The van der Waals surface area contributed by atoms with E-state index in [1.54, 1.807) is 24.3 Å². The number of para-hydroxylation sites is 1. The molecular formula is C24H25ClN4O4. The lowest BCUT2D eigenvalue weighted by atomic mass is 9.96. The third kappa shape index (κ3) is 6.21. The highest BCUT2D eigenvalue weighted by atomic mass is 35.5. The van der Waals surface area contributed by atoms with E-state index in [0.29, 0.717) is 29.5 Å². The maximum absolute atomic E-state index is 13.0. The number of aliphatic imine (C=N–C) groups is 1. The van der Waals surface area contributed by atoms with Gasteiger partial charge in [-0.1, -0.05) is 42.4 Å². The predicted octanol–water partition coefficient (Wildman–Crippen LogP) is 3.08. The number of carbonyl (C=O) groups is 2. The summed E-state index contributed by atoms with van der Waals surface area (Å²) in [4.78, 5) is 29.4. The molecule has 172 valence electrons. The Bertz CT molecular complexity index is 1060. The minimum Gasteiger partial charge on any atom is -0.456 e. The van der Waals surface area contributed by atoms with Gasteiger partial charge in [-0.2, -0.15) is 0 Å². The average molecular weight is 469 g/mol. The first kappa shape index (κ1) is 24.0. The Hall–Kier alpha value is -3.62. The summed E-state index contributed by atoms with van der Waals surface area (Å²) in [5, 5.41) is 6.13. The lowest BCUT2D eigenvalue weighted by molar-refractivity contribution is -0.132. The molecule has 0 saturated carbocycles. The predicted molar refractivity (Wildman–Crippen MR) is 127 cm³/mol. The molecule has 1 atom stereocenters. The SMILES string of the molecule is C=C/N=C\C(=C/N)C(=O)NC1(C(=O)NCc2ccc(Oc3ccccc3Cl)cc2)CCOC1. The molecule has 0 aromatic heterocycles. The van der Waals surface area contributed by atoms with Crippen molar-refractivity contribution in [3.8, 4) is 11.5 Å². The van der Waals surface area contributed by atoms with E-state index in [1.165, 1.54) is 12.4 Å². The number of nitrogens with one attached hydrogen (secondary N) is 2. The Kier molecular flexibility index (Phi) is 8.23. The summed E-state index contributed by atoms with van der Waals surface area (Å²) in [6.07, 6.45) is 4.01. The van der Waals surface area contributed by atoms with Gasteiger partial charge in [-0.15, -0.1) is 0 Å². The highest BCUT2D eigenvalue weighted by Crippen LogP contribution is 2.29. The van der Waals surface area contributed by atoms with Gasteiger partial charge in [0.25, 0.3) is 5.91 Å². The lowest BCUT2D eigenvalue weighted by Gasteiger charge is -2.27. The molecule has 1 saturated heterocycles. The molecule has 3 rings (SSSR count). The van der Waals surface area contributed by atoms with E-state index in [4.69, 9.17) is 26.8 Å². The number of hydrogen-bond acceptors (Lipinski definition) is 6. The summed E-state index contributed by atoms with van der Waals surface area (Å²) in [6.45, 7) is 4.14. The highest BCUT2D eigenvalue weighted by molar-refractivity contribution is 6.32. The quantitative estimate of drug-likeness (QED) is 0.386. The van der Waals surface area contributed by atoms with Crippen molar-refractivity contribution in [2.45, 2.75) is 18.5 Å². The molecule has 1 aliphatic heterocycles. The summed E-state index contributed by atoms with van der Waals surface area (Å²) in [5.74, 6) is 0.308. The van der Waals surface area contributed by atoms with E-state index in [9.17, 15) is 9.59 Å². The second-order valence-electron chi connectivity index (χ2n) is 7.28. The molecule has 8 nitrogen and oxygen atoms in total. The van der Waals surface area contributed by atoms with Gasteiger partial charge in [-0.05, 0) is 29.8 Å². The van der Waals surface area contributed by atoms with Gasteiger partial charge in [0.2, 0.25) is 5.91 Å². The Balaban J connectivity index is 1.62. The van der Waals surface area contributed by atoms with Crippen LogP contribution in [-0.2, 0) is 20.9 Å².